The number of H-pyrrole nitrogens is 1. The predicted octanol–water partition coefficient (Wildman–Crippen LogP) is -0.394. The summed E-state index contributed by atoms with van der Waals surface area (Å²) in [6.07, 6.45) is -1.08. The Balaban J connectivity index is 2.27. The number of nitrogens with one attached hydrogen (secondary N) is 1. The summed E-state index contributed by atoms with van der Waals surface area (Å²) in [5, 5.41) is 9.30. The van der Waals surface area contributed by atoms with E-state index in [-0.39, 0.29) is 18.4 Å². The van der Waals surface area contributed by atoms with Crippen LogP contribution in [0.1, 0.15) is 33.1 Å². The van der Waals surface area contributed by atoms with Gasteiger partial charge in [-0.1, -0.05) is 27.7 Å². The van der Waals surface area contributed by atoms with Crippen LogP contribution in [0.3, 0.4) is 0 Å². The lowest BCUT2D eigenvalue weighted by Crippen LogP contribution is -2.45. The van der Waals surface area contributed by atoms with Crippen molar-refractivity contribution in [1.29, 1.82) is 0 Å². The van der Waals surface area contributed by atoms with Crippen molar-refractivity contribution in [1.82, 2.24) is 9.55 Å². The fraction of sp³-hybridized carbons (Fsp3) is 0.667. The van der Waals surface area contributed by atoms with Crippen LogP contribution >= 0.6 is 11.8 Å². The second-order valence-corrected chi connectivity index (χ2v) is 8.89. The monoisotopic (exact) mass is 429 g/mol. The van der Waals surface area contributed by atoms with E-state index >= 15 is 0 Å². The van der Waals surface area contributed by atoms with Crippen LogP contribution in [0.4, 0.5) is 0 Å². The minimum Gasteiger partial charge on any atom is -0.464 e. The summed E-state index contributed by atoms with van der Waals surface area (Å²) >= 11 is 1.11. The lowest BCUT2D eigenvalue weighted by Gasteiger charge is -2.24. The summed E-state index contributed by atoms with van der Waals surface area (Å²) in [6, 6.07) is 0.261. The van der Waals surface area contributed by atoms with Crippen molar-refractivity contribution in [2.45, 2.75) is 56.6 Å². The van der Waals surface area contributed by atoms with Crippen LogP contribution in [-0.4, -0.2) is 56.7 Å². The number of carbonyl (C=O) groups is 2. The van der Waals surface area contributed by atoms with Gasteiger partial charge in [-0.05, 0) is 5.92 Å². The van der Waals surface area contributed by atoms with Gasteiger partial charge in [-0.2, -0.15) is 0 Å². The number of hydrogen-bond donors (Lipinski definition) is 3. The Labute approximate surface area is 171 Å². The van der Waals surface area contributed by atoms with Crippen LogP contribution in [0.25, 0.3) is 0 Å². The first-order valence-corrected chi connectivity index (χ1v) is 10.2. The number of aliphatic hydroxyl groups is 1. The summed E-state index contributed by atoms with van der Waals surface area (Å²) in [7, 11) is 0. The van der Waals surface area contributed by atoms with Crippen molar-refractivity contribution >= 4 is 23.7 Å². The first-order chi connectivity index (χ1) is 13.5. The minimum absolute atomic E-state index is 0.123. The summed E-state index contributed by atoms with van der Waals surface area (Å²) < 4.78 is 11.8. The highest BCUT2D eigenvalue weighted by atomic mass is 32.2. The maximum Gasteiger partial charge on any atom is 0.329 e. The van der Waals surface area contributed by atoms with Crippen molar-refractivity contribution in [2.75, 3.05) is 6.61 Å². The second-order valence-electron chi connectivity index (χ2n) is 7.53. The summed E-state index contributed by atoms with van der Waals surface area (Å²) in [6.45, 7) is 6.76. The zero-order valence-electron chi connectivity index (χ0n) is 16.7. The van der Waals surface area contributed by atoms with Gasteiger partial charge < -0.3 is 20.3 Å². The number of hydrogen-bond acceptors (Lipinski definition) is 9. The van der Waals surface area contributed by atoms with E-state index in [2.05, 4.69) is 4.98 Å². The third-order valence-corrected chi connectivity index (χ3v) is 6.08. The number of esters is 2. The van der Waals surface area contributed by atoms with Gasteiger partial charge in [0.15, 0.2) is 0 Å². The van der Waals surface area contributed by atoms with Gasteiger partial charge in [-0.3, -0.25) is 23.9 Å². The Kier molecular flexibility index (Phi) is 7.66. The van der Waals surface area contributed by atoms with Crippen molar-refractivity contribution < 1.29 is 24.2 Å². The van der Waals surface area contributed by atoms with Crippen LogP contribution in [-0.2, 0) is 19.1 Å². The highest BCUT2D eigenvalue weighted by Crippen LogP contribution is 2.43. The van der Waals surface area contributed by atoms with E-state index in [4.69, 9.17) is 15.2 Å². The van der Waals surface area contributed by atoms with Crippen LogP contribution in [0.5, 0.6) is 0 Å². The molecule has 0 spiro atoms. The minimum atomic E-state index is -1.28. The molecule has 0 aromatic carbocycles. The standard InChI is InChI=1S/C18H27N3O7S/c1-8(2)12(19)17(25)28-14-10(7-27-16(24)9(3)4)29-15(13(14)23)21-6-5-11(22)20-18(21)26/h5-6,8-10,12-15,23H,7,19H2,1-4H3,(H,20,22,26)/t10-,12-,13?,14?,15-/m1/s1. The molecule has 4 N–H and O–H groups in total. The Morgan fingerprint density at radius 1 is 1.28 bits per heavy atom. The van der Waals surface area contributed by atoms with Crippen LogP contribution in [0.15, 0.2) is 21.9 Å². The summed E-state index contributed by atoms with van der Waals surface area (Å²) in [4.78, 5) is 49.7. The average molecular weight is 429 g/mol. The van der Waals surface area contributed by atoms with Gasteiger partial charge in [0.05, 0.1) is 11.2 Å². The van der Waals surface area contributed by atoms with Crippen molar-refractivity contribution in [3.8, 4) is 0 Å². The van der Waals surface area contributed by atoms with Crippen molar-refractivity contribution in [2.24, 2.45) is 17.6 Å². The molecule has 0 bridgehead atoms. The molecule has 29 heavy (non-hydrogen) atoms. The molecule has 1 aliphatic heterocycles. The molecule has 162 valence electrons. The zero-order valence-corrected chi connectivity index (χ0v) is 17.5. The molecule has 2 heterocycles. The number of aliphatic hydroxyl groups excluding tert-OH is 1. The smallest absolute Gasteiger partial charge is 0.329 e. The molecule has 0 saturated carbocycles. The van der Waals surface area contributed by atoms with Crippen LogP contribution in [0.2, 0.25) is 0 Å². The molecule has 0 amide bonds. The molecule has 1 aromatic heterocycles. The predicted molar refractivity (Wildman–Crippen MR) is 106 cm³/mol. The Bertz CT molecular complexity index is 850. The molecule has 2 unspecified atom stereocenters. The summed E-state index contributed by atoms with van der Waals surface area (Å²) in [5.74, 6) is -1.66. The van der Waals surface area contributed by atoms with Gasteiger partial charge in [-0.25, -0.2) is 4.79 Å². The van der Waals surface area contributed by atoms with E-state index in [0.717, 1.165) is 22.4 Å². The van der Waals surface area contributed by atoms with Gasteiger partial charge in [0.2, 0.25) is 0 Å². The molecule has 1 fully saturated rings. The molecule has 5 atom stereocenters. The Hall–Kier alpha value is -2.11. The molecule has 0 radical (unpaired) electrons. The highest BCUT2D eigenvalue weighted by molar-refractivity contribution is 8.00. The molecule has 0 aliphatic carbocycles. The maximum atomic E-state index is 12.3. The number of aromatic amines is 1. The molecule has 1 saturated heterocycles. The Morgan fingerprint density at radius 3 is 2.48 bits per heavy atom. The fourth-order valence-electron chi connectivity index (χ4n) is 2.67. The van der Waals surface area contributed by atoms with Crippen molar-refractivity contribution in [3.63, 3.8) is 0 Å². The molecule has 1 aliphatic rings. The fourth-order valence-corrected chi connectivity index (χ4v) is 4.16. The number of aromatic nitrogens is 2. The van der Waals surface area contributed by atoms with Gasteiger partial charge in [0.25, 0.3) is 5.56 Å². The maximum absolute atomic E-state index is 12.3. The third kappa shape index (κ3) is 5.49. The SMILES string of the molecule is CC(C)C(=O)OC[C@H]1S[C@@H](n2ccc(=O)[nH]c2=O)C(O)C1OC(=O)[C@H](N)C(C)C. The largest absolute Gasteiger partial charge is 0.464 e. The average Bonchev–Trinajstić information content (AvgIpc) is 2.94. The quantitative estimate of drug-likeness (QED) is 0.491. The molecule has 1 aromatic rings. The molecule has 11 heteroatoms. The number of nitrogens with two attached hydrogens (primary N) is 1. The van der Waals surface area contributed by atoms with E-state index in [1.807, 2.05) is 0 Å². The van der Waals surface area contributed by atoms with Gasteiger partial charge in [0.1, 0.15) is 30.2 Å². The van der Waals surface area contributed by atoms with E-state index in [1.54, 1.807) is 27.7 Å². The molecular formula is C18H27N3O7S. The summed E-state index contributed by atoms with van der Waals surface area (Å²) in [5.41, 5.74) is 4.55. The Morgan fingerprint density at radius 2 is 1.93 bits per heavy atom. The van der Waals surface area contributed by atoms with Gasteiger partial charge in [0, 0.05) is 12.3 Å². The number of ether oxygens (including phenoxy) is 2. The second kappa shape index (κ2) is 9.59. The molecular weight excluding hydrogens is 402 g/mol. The molecule has 2 rings (SSSR count). The van der Waals surface area contributed by atoms with Crippen molar-refractivity contribution in [3.05, 3.63) is 33.1 Å². The molecule has 10 nitrogen and oxygen atoms in total. The lowest BCUT2D eigenvalue weighted by atomic mass is 10.1. The highest BCUT2D eigenvalue weighted by Gasteiger charge is 2.48. The lowest BCUT2D eigenvalue weighted by molar-refractivity contribution is -0.159. The zero-order chi connectivity index (χ0) is 21.9. The first-order valence-electron chi connectivity index (χ1n) is 9.30. The third-order valence-electron chi connectivity index (χ3n) is 4.54. The normalized spacial score (nSPS) is 25.2. The first kappa shape index (κ1) is 23.2. The van der Waals surface area contributed by atoms with E-state index in [9.17, 15) is 24.3 Å². The van der Waals surface area contributed by atoms with E-state index < -0.39 is 52.1 Å². The van der Waals surface area contributed by atoms with Gasteiger partial charge in [-0.15, -0.1) is 11.8 Å². The number of rotatable bonds is 7. The van der Waals surface area contributed by atoms with Crippen LogP contribution < -0.4 is 17.0 Å². The number of nitrogens with zero attached hydrogens (tertiary/aromatic N) is 1. The topological polar surface area (TPSA) is 154 Å². The van der Waals surface area contributed by atoms with Gasteiger partial charge >= 0.3 is 17.6 Å². The van der Waals surface area contributed by atoms with E-state index in [0.29, 0.717) is 0 Å². The van der Waals surface area contributed by atoms with Crippen LogP contribution in [0, 0.1) is 11.8 Å². The van der Waals surface area contributed by atoms with E-state index in [1.165, 1.54) is 6.20 Å². The number of carbonyl (C=O) groups excluding carboxylic acids is 2. The number of thioether (sulfide) groups is 1.